The molecule has 1 aromatic carbocycles. The van der Waals surface area contributed by atoms with Crippen LogP contribution in [0.5, 0.6) is 11.6 Å². The van der Waals surface area contributed by atoms with Crippen LogP contribution in [-0.2, 0) is 0 Å². The first-order valence-corrected chi connectivity index (χ1v) is 7.96. The fourth-order valence-electron chi connectivity index (χ4n) is 2.47. The van der Waals surface area contributed by atoms with Crippen LogP contribution in [0, 0.1) is 0 Å². The normalized spacial score (nSPS) is 10.3. The Bertz CT molecular complexity index is 560. The van der Waals surface area contributed by atoms with Gasteiger partial charge in [-0.3, -0.25) is 0 Å². The highest BCUT2D eigenvalue weighted by molar-refractivity contribution is 5.86. The summed E-state index contributed by atoms with van der Waals surface area (Å²) in [6.45, 7) is 3.02. The molecule has 0 unspecified atom stereocenters. The highest BCUT2D eigenvalue weighted by Gasteiger charge is 2.09. The summed E-state index contributed by atoms with van der Waals surface area (Å²) < 4.78 is 11.2. The fraction of sp³-hybridized carbons (Fsp3) is 0.500. The van der Waals surface area contributed by atoms with Gasteiger partial charge in [-0.2, -0.15) is 4.98 Å². The van der Waals surface area contributed by atoms with Crippen molar-refractivity contribution in [2.45, 2.75) is 45.4 Å². The van der Waals surface area contributed by atoms with Crippen LogP contribution in [-0.4, -0.2) is 13.7 Å². The Morgan fingerprint density at radius 1 is 1.00 bits per heavy atom. The van der Waals surface area contributed by atoms with Gasteiger partial charge in [0, 0.05) is 11.5 Å². The van der Waals surface area contributed by atoms with E-state index < -0.39 is 0 Å². The zero-order chi connectivity index (χ0) is 14.9. The number of aromatic amines is 1. The van der Waals surface area contributed by atoms with E-state index in [9.17, 15) is 0 Å². The van der Waals surface area contributed by atoms with E-state index in [1.54, 1.807) is 7.11 Å². The van der Waals surface area contributed by atoms with Gasteiger partial charge in [0.1, 0.15) is 5.75 Å². The van der Waals surface area contributed by atoms with Gasteiger partial charge in [-0.05, 0) is 24.6 Å². The quantitative estimate of drug-likeness (QED) is 0.627. The number of hydrogen-bond donors (Lipinski definition) is 0. The molecule has 1 N–H and O–H groups in total. The molecule has 22 heavy (non-hydrogen) atoms. The molecule has 0 atom stereocenters. The molecule has 0 bridgehead atoms. The van der Waals surface area contributed by atoms with Crippen LogP contribution >= 0.6 is 0 Å². The van der Waals surface area contributed by atoms with Gasteiger partial charge in [0.15, 0.2) is 6.20 Å². The zero-order valence-electron chi connectivity index (χ0n) is 13.5. The molecule has 0 aliphatic carbocycles. The topological polar surface area (TPSA) is 32.6 Å². The summed E-state index contributed by atoms with van der Waals surface area (Å²) in [6, 6.07) is 8.07. The van der Waals surface area contributed by atoms with Crippen molar-refractivity contribution in [3.05, 3.63) is 30.5 Å². The first-order valence-electron chi connectivity index (χ1n) is 7.96. The molecular weight excluding hydrogens is 342 g/mol. The average Bonchev–Trinajstić information content (AvgIpc) is 2.53. The molecule has 1 aromatic heterocycles. The maximum atomic E-state index is 5.90. The number of pyridine rings is 1. The summed E-state index contributed by atoms with van der Waals surface area (Å²) in [5.41, 5.74) is 0. The molecular formula is C18H26BrNO2. The molecule has 0 spiro atoms. The lowest BCUT2D eigenvalue weighted by Crippen LogP contribution is -3.00. The molecule has 0 amide bonds. The number of H-pyrrole nitrogens is 1. The largest absolute Gasteiger partial charge is 1.00 e. The first-order chi connectivity index (χ1) is 10.3. The highest BCUT2D eigenvalue weighted by Crippen LogP contribution is 2.25. The van der Waals surface area contributed by atoms with E-state index in [2.05, 4.69) is 11.9 Å². The van der Waals surface area contributed by atoms with Gasteiger partial charge in [-0.15, -0.1) is 0 Å². The second kappa shape index (κ2) is 10.4. The van der Waals surface area contributed by atoms with Crippen molar-refractivity contribution in [3.8, 4) is 11.6 Å². The lowest BCUT2D eigenvalue weighted by Gasteiger charge is -2.05. The summed E-state index contributed by atoms with van der Waals surface area (Å²) in [7, 11) is 1.69. The molecule has 0 saturated heterocycles. The number of ether oxygens (including phenoxy) is 2. The van der Waals surface area contributed by atoms with Crippen molar-refractivity contribution < 1.29 is 31.4 Å². The summed E-state index contributed by atoms with van der Waals surface area (Å²) >= 11 is 0. The van der Waals surface area contributed by atoms with E-state index in [0.717, 1.165) is 35.4 Å². The Hall–Kier alpha value is -1.29. The monoisotopic (exact) mass is 367 g/mol. The Morgan fingerprint density at radius 2 is 1.77 bits per heavy atom. The molecule has 3 nitrogen and oxygen atoms in total. The van der Waals surface area contributed by atoms with Crippen molar-refractivity contribution in [1.82, 2.24) is 0 Å². The number of methoxy groups -OCH3 is 1. The molecule has 0 fully saturated rings. The summed E-state index contributed by atoms with van der Waals surface area (Å²) in [4.78, 5) is 3.20. The lowest BCUT2D eigenvalue weighted by molar-refractivity contribution is -0.392. The molecule has 0 radical (unpaired) electrons. The summed E-state index contributed by atoms with van der Waals surface area (Å²) in [6.07, 6.45) is 9.58. The Kier molecular flexibility index (Phi) is 8.90. The van der Waals surface area contributed by atoms with E-state index in [1.807, 2.05) is 30.5 Å². The molecule has 0 aliphatic heterocycles. The predicted molar refractivity (Wildman–Crippen MR) is 85.9 cm³/mol. The molecule has 2 rings (SSSR count). The smallest absolute Gasteiger partial charge is 0.374 e. The van der Waals surface area contributed by atoms with Crippen LogP contribution in [0.15, 0.2) is 30.5 Å². The van der Waals surface area contributed by atoms with Gasteiger partial charge in [0.05, 0.1) is 19.1 Å². The minimum atomic E-state index is 0. The third-order valence-corrected chi connectivity index (χ3v) is 3.72. The average molecular weight is 368 g/mol. The second-order valence-electron chi connectivity index (χ2n) is 5.38. The maximum Gasteiger partial charge on any atom is 0.374 e. The van der Waals surface area contributed by atoms with Crippen molar-refractivity contribution in [2.24, 2.45) is 0 Å². The molecule has 0 saturated carbocycles. The van der Waals surface area contributed by atoms with Crippen molar-refractivity contribution in [1.29, 1.82) is 0 Å². The lowest BCUT2D eigenvalue weighted by atomic mass is 10.1. The Balaban J connectivity index is 0.00000242. The van der Waals surface area contributed by atoms with E-state index in [1.165, 1.54) is 32.1 Å². The van der Waals surface area contributed by atoms with Crippen molar-refractivity contribution >= 4 is 10.8 Å². The number of aromatic nitrogens is 1. The van der Waals surface area contributed by atoms with Crippen LogP contribution in [0.1, 0.15) is 45.4 Å². The number of benzene rings is 1. The van der Waals surface area contributed by atoms with E-state index in [-0.39, 0.29) is 17.0 Å². The fourth-order valence-corrected chi connectivity index (χ4v) is 2.47. The van der Waals surface area contributed by atoms with Crippen LogP contribution in [0.4, 0.5) is 0 Å². The third-order valence-electron chi connectivity index (χ3n) is 3.72. The Morgan fingerprint density at radius 3 is 2.55 bits per heavy atom. The van der Waals surface area contributed by atoms with Gasteiger partial charge in [0.2, 0.25) is 0 Å². The first kappa shape index (κ1) is 18.8. The number of fused-ring (bicyclic) bond motifs is 1. The van der Waals surface area contributed by atoms with Gasteiger partial charge < -0.3 is 26.5 Å². The van der Waals surface area contributed by atoms with E-state index >= 15 is 0 Å². The Labute approximate surface area is 143 Å². The highest BCUT2D eigenvalue weighted by atomic mass is 79.9. The van der Waals surface area contributed by atoms with Crippen LogP contribution in [0.25, 0.3) is 10.8 Å². The van der Waals surface area contributed by atoms with Crippen molar-refractivity contribution in [2.75, 3.05) is 13.7 Å². The zero-order valence-corrected chi connectivity index (χ0v) is 15.1. The minimum absolute atomic E-state index is 0. The van der Waals surface area contributed by atoms with E-state index in [4.69, 9.17) is 9.47 Å². The molecule has 1 heterocycles. The molecule has 4 heteroatoms. The van der Waals surface area contributed by atoms with Crippen LogP contribution < -0.4 is 31.4 Å². The predicted octanol–water partition coefficient (Wildman–Crippen LogP) is 1.41. The van der Waals surface area contributed by atoms with E-state index in [0.29, 0.717) is 0 Å². The van der Waals surface area contributed by atoms with Gasteiger partial charge >= 0.3 is 5.88 Å². The maximum absolute atomic E-state index is 5.90. The second-order valence-corrected chi connectivity index (χ2v) is 5.38. The number of hydrogen-bond acceptors (Lipinski definition) is 2. The van der Waals surface area contributed by atoms with Gasteiger partial charge in [0.25, 0.3) is 0 Å². The number of unbranched alkanes of at least 4 members (excludes halogenated alkanes) is 5. The van der Waals surface area contributed by atoms with Gasteiger partial charge in [-0.25, -0.2) is 0 Å². The third kappa shape index (κ3) is 5.48. The van der Waals surface area contributed by atoms with Crippen LogP contribution in [0.3, 0.4) is 0 Å². The summed E-state index contributed by atoms with van der Waals surface area (Å²) in [5, 5.41) is 2.23. The van der Waals surface area contributed by atoms with Crippen molar-refractivity contribution in [3.63, 3.8) is 0 Å². The SMILES string of the molecule is CCCCCCCCOc1[nH+]ccc2cc(OC)ccc12.[Br-]. The van der Waals surface area contributed by atoms with Crippen LogP contribution in [0.2, 0.25) is 0 Å². The molecule has 0 aliphatic rings. The standard InChI is InChI=1S/C18H25NO2.BrH/c1-3-4-5-6-7-8-13-21-18-17-10-9-16(20-2)14-15(17)11-12-19-18;/h9-12,14H,3-8,13H2,1-2H3;1H. The minimum Gasteiger partial charge on any atom is -1.00 e. The summed E-state index contributed by atoms with van der Waals surface area (Å²) in [5.74, 6) is 1.72. The number of rotatable bonds is 9. The molecule has 122 valence electrons. The number of halogens is 1. The molecule has 2 aromatic rings. The number of nitrogens with one attached hydrogen (secondary N) is 1. The van der Waals surface area contributed by atoms with Gasteiger partial charge in [-0.1, -0.05) is 39.0 Å².